The first kappa shape index (κ1) is 15.7. The quantitative estimate of drug-likeness (QED) is 0.813. The standard InChI is InChI=1S/C13H13BrN2O4S/c1-20-12(17)5-6-21(18,19)16-11-4-2-3-9-7-10(14)8-15-13(9)11/h2-4,7-8,16H,5-6H2,1H3. The fraction of sp³-hybridized carbons (Fsp3) is 0.231. The van der Waals surface area contributed by atoms with E-state index in [0.29, 0.717) is 11.2 Å². The van der Waals surface area contributed by atoms with Crippen LogP contribution in [0.3, 0.4) is 0 Å². The number of hydrogen-bond donors (Lipinski definition) is 1. The minimum absolute atomic E-state index is 0.199. The van der Waals surface area contributed by atoms with Gasteiger partial charge in [0.15, 0.2) is 0 Å². The van der Waals surface area contributed by atoms with Crippen LogP contribution in [0.5, 0.6) is 0 Å². The maximum atomic E-state index is 12.0. The van der Waals surface area contributed by atoms with E-state index in [0.717, 1.165) is 9.86 Å². The number of anilines is 1. The predicted octanol–water partition coefficient (Wildman–Crippen LogP) is 2.30. The van der Waals surface area contributed by atoms with Gasteiger partial charge in [0.2, 0.25) is 10.0 Å². The number of hydrogen-bond acceptors (Lipinski definition) is 5. The van der Waals surface area contributed by atoms with Crippen LogP contribution in [0.25, 0.3) is 10.9 Å². The number of nitrogens with one attached hydrogen (secondary N) is 1. The van der Waals surface area contributed by atoms with E-state index in [9.17, 15) is 13.2 Å². The molecule has 6 nitrogen and oxygen atoms in total. The molecule has 0 amide bonds. The van der Waals surface area contributed by atoms with Crippen molar-refractivity contribution in [1.82, 2.24) is 4.98 Å². The van der Waals surface area contributed by atoms with Gasteiger partial charge in [-0.2, -0.15) is 0 Å². The molecule has 0 aliphatic rings. The zero-order valence-electron chi connectivity index (χ0n) is 11.2. The third-order valence-corrected chi connectivity index (χ3v) is 4.45. The number of aromatic nitrogens is 1. The Balaban J connectivity index is 2.25. The highest BCUT2D eigenvalue weighted by Gasteiger charge is 2.15. The smallest absolute Gasteiger partial charge is 0.306 e. The van der Waals surface area contributed by atoms with Gasteiger partial charge in [-0.1, -0.05) is 12.1 Å². The summed E-state index contributed by atoms with van der Waals surface area (Å²) in [6.07, 6.45) is 1.39. The summed E-state index contributed by atoms with van der Waals surface area (Å²) in [4.78, 5) is 15.2. The van der Waals surface area contributed by atoms with Gasteiger partial charge in [-0.3, -0.25) is 14.5 Å². The maximum absolute atomic E-state index is 12.0. The van der Waals surface area contributed by atoms with Gasteiger partial charge in [-0.15, -0.1) is 0 Å². The minimum atomic E-state index is -3.64. The van der Waals surface area contributed by atoms with Gasteiger partial charge in [0, 0.05) is 16.1 Å². The van der Waals surface area contributed by atoms with Crippen molar-refractivity contribution in [3.63, 3.8) is 0 Å². The molecular weight excluding hydrogens is 360 g/mol. The molecule has 0 saturated heterocycles. The number of carbonyl (C=O) groups is 1. The zero-order chi connectivity index (χ0) is 15.5. The van der Waals surface area contributed by atoms with Gasteiger partial charge < -0.3 is 4.74 Å². The van der Waals surface area contributed by atoms with Gasteiger partial charge in [0.1, 0.15) is 0 Å². The number of carbonyl (C=O) groups excluding carboxylic acids is 1. The predicted molar refractivity (Wildman–Crippen MR) is 83.5 cm³/mol. The van der Waals surface area contributed by atoms with E-state index in [4.69, 9.17) is 0 Å². The summed E-state index contributed by atoms with van der Waals surface area (Å²) in [6, 6.07) is 7.03. The molecule has 0 radical (unpaired) electrons. The number of esters is 1. The molecule has 1 aromatic heterocycles. The molecule has 2 aromatic rings. The van der Waals surface area contributed by atoms with Crippen LogP contribution < -0.4 is 4.72 Å². The lowest BCUT2D eigenvalue weighted by Gasteiger charge is -2.09. The van der Waals surface area contributed by atoms with Crippen molar-refractivity contribution >= 4 is 48.5 Å². The molecule has 0 saturated carbocycles. The van der Waals surface area contributed by atoms with Crippen LogP contribution >= 0.6 is 15.9 Å². The normalized spacial score (nSPS) is 11.3. The van der Waals surface area contributed by atoms with Crippen LogP contribution in [0.15, 0.2) is 34.9 Å². The van der Waals surface area contributed by atoms with Crippen molar-refractivity contribution < 1.29 is 17.9 Å². The molecule has 21 heavy (non-hydrogen) atoms. The average Bonchev–Trinajstić information content (AvgIpc) is 2.44. The Morgan fingerprint density at radius 1 is 1.43 bits per heavy atom. The third-order valence-electron chi connectivity index (χ3n) is 2.75. The lowest BCUT2D eigenvalue weighted by atomic mass is 10.2. The minimum Gasteiger partial charge on any atom is -0.469 e. The zero-order valence-corrected chi connectivity index (χ0v) is 13.6. The molecule has 0 fully saturated rings. The Morgan fingerprint density at radius 3 is 2.90 bits per heavy atom. The van der Waals surface area contributed by atoms with Crippen molar-refractivity contribution in [2.24, 2.45) is 0 Å². The molecule has 0 aliphatic carbocycles. The number of ether oxygens (including phenoxy) is 1. The molecular formula is C13H13BrN2O4S. The van der Waals surface area contributed by atoms with Gasteiger partial charge in [0.05, 0.1) is 30.5 Å². The van der Waals surface area contributed by atoms with Crippen LogP contribution in [-0.2, 0) is 19.6 Å². The first-order valence-electron chi connectivity index (χ1n) is 6.03. The highest BCUT2D eigenvalue weighted by Crippen LogP contribution is 2.24. The molecule has 1 heterocycles. The number of fused-ring (bicyclic) bond motifs is 1. The second kappa shape index (κ2) is 6.40. The van der Waals surface area contributed by atoms with Gasteiger partial charge in [0.25, 0.3) is 0 Å². The summed E-state index contributed by atoms with van der Waals surface area (Å²) in [5.74, 6) is -0.910. The van der Waals surface area contributed by atoms with Crippen molar-refractivity contribution in [3.05, 3.63) is 34.9 Å². The molecule has 0 spiro atoms. The molecule has 2 rings (SSSR count). The summed E-state index contributed by atoms with van der Waals surface area (Å²) >= 11 is 3.31. The van der Waals surface area contributed by atoms with Gasteiger partial charge >= 0.3 is 5.97 Å². The van der Waals surface area contributed by atoms with E-state index >= 15 is 0 Å². The first-order chi connectivity index (χ1) is 9.91. The maximum Gasteiger partial charge on any atom is 0.306 e. The van der Waals surface area contributed by atoms with E-state index in [1.165, 1.54) is 7.11 Å². The summed E-state index contributed by atoms with van der Waals surface area (Å²) in [7, 11) is -2.43. The van der Waals surface area contributed by atoms with Crippen LogP contribution in [0.1, 0.15) is 6.42 Å². The van der Waals surface area contributed by atoms with Gasteiger partial charge in [-0.25, -0.2) is 8.42 Å². The number of benzene rings is 1. The monoisotopic (exact) mass is 372 g/mol. The largest absolute Gasteiger partial charge is 0.469 e. The molecule has 112 valence electrons. The number of methoxy groups -OCH3 is 1. The number of para-hydroxylation sites is 1. The Morgan fingerprint density at radius 2 is 2.19 bits per heavy atom. The third kappa shape index (κ3) is 4.15. The number of pyridine rings is 1. The van der Waals surface area contributed by atoms with E-state index in [2.05, 4.69) is 30.4 Å². The van der Waals surface area contributed by atoms with E-state index in [-0.39, 0.29) is 12.2 Å². The topological polar surface area (TPSA) is 85.4 Å². The van der Waals surface area contributed by atoms with E-state index < -0.39 is 16.0 Å². The summed E-state index contributed by atoms with van der Waals surface area (Å²) in [5, 5.41) is 0.803. The van der Waals surface area contributed by atoms with Crippen molar-refractivity contribution in [3.8, 4) is 0 Å². The fourth-order valence-corrected chi connectivity index (χ4v) is 3.14. The summed E-state index contributed by atoms with van der Waals surface area (Å²) in [6.45, 7) is 0. The Bertz CT molecular complexity index is 777. The number of rotatable bonds is 5. The molecule has 8 heteroatoms. The lowest BCUT2D eigenvalue weighted by Crippen LogP contribution is -2.19. The molecule has 0 aliphatic heterocycles. The Labute approximate surface area is 130 Å². The highest BCUT2D eigenvalue weighted by atomic mass is 79.9. The van der Waals surface area contributed by atoms with Gasteiger partial charge in [-0.05, 0) is 28.1 Å². The SMILES string of the molecule is COC(=O)CCS(=O)(=O)Nc1cccc2cc(Br)cnc12. The van der Waals surface area contributed by atoms with Crippen LogP contribution in [0.2, 0.25) is 0 Å². The number of sulfonamides is 1. The summed E-state index contributed by atoms with van der Waals surface area (Å²) in [5.41, 5.74) is 0.923. The summed E-state index contributed by atoms with van der Waals surface area (Å²) < 4.78 is 31.6. The number of halogens is 1. The molecule has 0 atom stereocenters. The Kier molecular flexibility index (Phi) is 4.79. The first-order valence-corrected chi connectivity index (χ1v) is 8.47. The average molecular weight is 373 g/mol. The molecule has 0 unspecified atom stereocenters. The van der Waals surface area contributed by atoms with Crippen LogP contribution in [0.4, 0.5) is 5.69 Å². The van der Waals surface area contributed by atoms with Crippen molar-refractivity contribution in [1.29, 1.82) is 0 Å². The van der Waals surface area contributed by atoms with Crippen molar-refractivity contribution in [2.45, 2.75) is 6.42 Å². The number of nitrogens with zero attached hydrogens (tertiary/aromatic N) is 1. The fourth-order valence-electron chi connectivity index (χ4n) is 1.75. The van der Waals surface area contributed by atoms with Crippen LogP contribution in [0, 0.1) is 0 Å². The molecule has 0 bridgehead atoms. The second-order valence-electron chi connectivity index (χ2n) is 4.28. The Hall–Kier alpha value is -1.67. The lowest BCUT2D eigenvalue weighted by molar-refractivity contribution is -0.140. The molecule has 1 N–H and O–H groups in total. The van der Waals surface area contributed by atoms with E-state index in [1.54, 1.807) is 18.3 Å². The van der Waals surface area contributed by atoms with Crippen molar-refractivity contribution in [2.75, 3.05) is 17.6 Å². The highest BCUT2D eigenvalue weighted by molar-refractivity contribution is 9.10. The van der Waals surface area contributed by atoms with Crippen LogP contribution in [-0.4, -0.2) is 32.2 Å². The van der Waals surface area contributed by atoms with E-state index in [1.807, 2.05) is 12.1 Å². The second-order valence-corrected chi connectivity index (χ2v) is 7.04. The molecule has 1 aromatic carbocycles.